The van der Waals surface area contributed by atoms with Crippen LogP contribution < -0.4 is 25.4 Å². The van der Waals surface area contributed by atoms with Gasteiger partial charge in [-0.25, -0.2) is 0 Å². The van der Waals surface area contributed by atoms with Crippen LogP contribution in [0.5, 0.6) is 23.0 Å². The number of hydrogen-bond donors (Lipinski definition) is 3. The number of hydrogen-bond acceptors (Lipinski definition) is 6. The molecule has 0 aliphatic carbocycles. The van der Waals surface area contributed by atoms with Crippen LogP contribution >= 0.6 is 0 Å². The highest BCUT2D eigenvalue weighted by Crippen LogP contribution is 2.25. The van der Waals surface area contributed by atoms with E-state index in [0.29, 0.717) is 23.7 Å². The van der Waals surface area contributed by atoms with Crippen LogP contribution in [0.25, 0.3) is 0 Å². The number of benzene rings is 5. The van der Waals surface area contributed by atoms with Crippen molar-refractivity contribution < 1.29 is 19.1 Å². The van der Waals surface area contributed by atoms with Crippen LogP contribution in [0.3, 0.4) is 0 Å². The standard InChI is InChI=1S/C39H38N4O4/c44-38(41-30-15-19-35(20-16-30)46-33-10-3-1-4-11-33)27-29-9-7-8-14-37(29)40-32-23-25-43(26-24-32)28-39(45)42-31-17-21-36(22-18-31)47-34-12-5-2-6-13-34/h1-22,32,40H,23-28H2,(H,41,44)(H,42,45). The number of rotatable bonds is 12. The molecule has 0 atom stereocenters. The minimum Gasteiger partial charge on any atom is -0.457 e. The Labute approximate surface area is 275 Å². The van der Waals surface area contributed by atoms with E-state index in [1.165, 1.54) is 0 Å². The predicted octanol–water partition coefficient (Wildman–Crippen LogP) is 7.97. The highest BCUT2D eigenvalue weighted by atomic mass is 16.5. The van der Waals surface area contributed by atoms with Gasteiger partial charge in [0.15, 0.2) is 0 Å². The lowest BCUT2D eigenvalue weighted by molar-refractivity contribution is -0.117. The Bertz CT molecular complexity index is 1740. The van der Waals surface area contributed by atoms with E-state index in [-0.39, 0.29) is 24.3 Å². The second kappa shape index (κ2) is 15.6. The van der Waals surface area contributed by atoms with Crippen LogP contribution in [0.15, 0.2) is 133 Å². The Morgan fingerprint density at radius 1 is 0.574 bits per heavy atom. The van der Waals surface area contributed by atoms with Crippen molar-refractivity contribution in [2.75, 3.05) is 35.6 Å². The molecule has 47 heavy (non-hydrogen) atoms. The predicted molar refractivity (Wildman–Crippen MR) is 186 cm³/mol. The van der Waals surface area contributed by atoms with Gasteiger partial charge in [0.25, 0.3) is 0 Å². The molecule has 1 heterocycles. The van der Waals surface area contributed by atoms with E-state index in [9.17, 15) is 9.59 Å². The molecule has 0 spiro atoms. The Kier molecular flexibility index (Phi) is 10.4. The number of para-hydroxylation sites is 3. The topological polar surface area (TPSA) is 91.9 Å². The summed E-state index contributed by atoms with van der Waals surface area (Å²) in [7, 11) is 0. The molecule has 3 N–H and O–H groups in total. The average Bonchev–Trinajstić information content (AvgIpc) is 3.09. The van der Waals surface area contributed by atoms with Gasteiger partial charge in [0, 0.05) is 36.2 Å². The van der Waals surface area contributed by atoms with Crippen LogP contribution in [0.2, 0.25) is 0 Å². The lowest BCUT2D eigenvalue weighted by atomic mass is 10.0. The first-order valence-corrected chi connectivity index (χ1v) is 15.9. The van der Waals surface area contributed by atoms with Crippen molar-refractivity contribution in [3.63, 3.8) is 0 Å². The van der Waals surface area contributed by atoms with Gasteiger partial charge in [-0.3, -0.25) is 14.5 Å². The minimum atomic E-state index is -0.0878. The van der Waals surface area contributed by atoms with E-state index in [4.69, 9.17) is 9.47 Å². The maximum absolute atomic E-state index is 12.9. The van der Waals surface area contributed by atoms with Crippen LogP contribution in [0, 0.1) is 0 Å². The molecule has 1 aliphatic rings. The molecule has 6 rings (SSSR count). The fraction of sp³-hybridized carbons (Fsp3) is 0.179. The molecule has 1 fully saturated rings. The van der Waals surface area contributed by atoms with E-state index in [2.05, 4.69) is 20.9 Å². The molecule has 0 radical (unpaired) electrons. The van der Waals surface area contributed by atoms with Gasteiger partial charge in [0.1, 0.15) is 23.0 Å². The third kappa shape index (κ3) is 9.45. The van der Waals surface area contributed by atoms with E-state index in [0.717, 1.165) is 54.4 Å². The third-order valence-electron chi connectivity index (χ3n) is 7.92. The number of nitrogens with zero attached hydrogens (tertiary/aromatic N) is 1. The summed E-state index contributed by atoms with van der Waals surface area (Å²) in [6, 6.07) is 42.1. The summed E-state index contributed by atoms with van der Waals surface area (Å²) in [5.41, 5.74) is 3.36. The Morgan fingerprint density at radius 3 is 1.60 bits per heavy atom. The molecule has 238 valence electrons. The van der Waals surface area contributed by atoms with Crippen molar-refractivity contribution in [2.45, 2.75) is 25.3 Å². The van der Waals surface area contributed by atoms with Crippen LogP contribution in [-0.2, 0) is 16.0 Å². The molecule has 0 unspecified atom stereocenters. The summed E-state index contributed by atoms with van der Waals surface area (Å²) in [5, 5.41) is 9.63. The number of likely N-dealkylation sites (tertiary alicyclic amines) is 1. The third-order valence-corrected chi connectivity index (χ3v) is 7.92. The molecule has 0 aromatic heterocycles. The van der Waals surface area contributed by atoms with Gasteiger partial charge >= 0.3 is 0 Å². The number of amides is 2. The summed E-state index contributed by atoms with van der Waals surface area (Å²) in [6.07, 6.45) is 2.05. The van der Waals surface area contributed by atoms with Crippen LogP contribution in [0.1, 0.15) is 18.4 Å². The Balaban J connectivity index is 0.934. The zero-order valence-corrected chi connectivity index (χ0v) is 26.1. The highest BCUT2D eigenvalue weighted by molar-refractivity contribution is 5.93. The molecule has 1 aliphatic heterocycles. The second-order valence-electron chi connectivity index (χ2n) is 11.5. The quantitative estimate of drug-likeness (QED) is 0.130. The summed E-state index contributed by atoms with van der Waals surface area (Å²) in [4.78, 5) is 27.9. The molecule has 0 bridgehead atoms. The van der Waals surface area contributed by atoms with E-state index in [1.54, 1.807) is 0 Å². The van der Waals surface area contributed by atoms with E-state index >= 15 is 0 Å². The first kappa shape index (κ1) is 31.4. The SMILES string of the molecule is O=C(Cc1ccccc1NC1CCN(CC(=O)Nc2ccc(Oc3ccccc3)cc2)CC1)Nc1ccc(Oc2ccccc2)cc1. The van der Waals surface area contributed by atoms with E-state index in [1.807, 2.05) is 133 Å². The van der Waals surface area contributed by atoms with Crippen molar-refractivity contribution in [3.8, 4) is 23.0 Å². The van der Waals surface area contributed by atoms with Gasteiger partial charge in [0.05, 0.1) is 13.0 Å². The first-order chi connectivity index (χ1) is 23.1. The van der Waals surface area contributed by atoms with Gasteiger partial charge in [-0.1, -0.05) is 54.6 Å². The van der Waals surface area contributed by atoms with Crippen LogP contribution in [-0.4, -0.2) is 42.4 Å². The number of piperidine rings is 1. The molecule has 8 nitrogen and oxygen atoms in total. The lowest BCUT2D eigenvalue weighted by Gasteiger charge is -2.32. The van der Waals surface area contributed by atoms with E-state index < -0.39 is 0 Å². The second-order valence-corrected chi connectivity index (χ2v) is 11.5. The molecular weight excluding hydrogens is 588 g/mol. The van der Waals surface area contributed by atoms with Crippen LogP contribution in [0.4, 0.5) is 17.1 Å². The molecule has 0 saturated carbocycles. The fourth-order valence-corrected chi connectivity index (χ4v) is 5.51. The van der Waals surface area contributed by atoms with Gasteiger partial charge in [-0.15, -0.1) is 0 Å². The minimum absolute atomic E-state index is 0.0390. The molecule has 1 saturated heterocycles. The molecule has 5 aromatic rings. The Morgan fingerprint density at radius 2 is 1.04 bits per heavy atom. The number of carbonyl (C=O) groups is 2. The summed E-state index contributed by atoms with van der Waals surface area (Å²) in [5.74, 6) is 2.82. The normalized spacial score (nSPS) is 13.4. The summed E-state index contributed by atoms with van der Waals surface area (Å²) >= 11 is 0. The Hall–Kier alpha value is -5.60. The molecular formula is C39H38N4O4. The largest absolute Gasteiger partial charge is 0.457 e. The molecule has 8 heteroatoms. The zero-order valence-electron chi connectivity index (χ0n) is 26.1. The van der Waals surface area contributed by atoms with Crippen molar-refractivity contribution >= 4 is 28.9 Å². The molecule has 2 amide bonds. The summed E-state index contributed by atoms with van der Waals surface area (Å²) in [6.45, 7) is 1.95. The van der Waals surface area contributed by atoms with Gasteiger partial charge in [-0.2, -0.15) is 0 Å². The van der Waals surface area contributed by atoms with Gasteiger partial charge in [0.2, 0.25) is 11.8 Å². The maximum Gasteiger partial charge on any atom is 0.238 e. The van der Waals surface area contributed by atoms with Crippen molar-refractivity contribution in [1.29, 1.82) is 0 Å². The smallest absolute Gasteiger partial charge is 0.238 e. The zero-order chi connectivity index (χ0) is 32.3. The molecule has 5 aromatic carbocycles. The highest BCUT2D eigenvalue weighted by Gasteiger charge is 2.22. The summed E-state index contributed by atoms with van der Waals surface area (Å²) < 4.78 is 11.7. The monoisotopic (exact) mass is 626 g/mol. The number of nitrogens with one attached hydrogen (secondary N) is 3. The fourth-order valence-electron chi connectivity index (χ4n) is 5.51. The number of carbonyl (C=O) groups excluding carboxylic acids is 2. The van der Waals surface area contributed by atoms with Gasteiger partial charge < -0.3 is 25.4 Å². The van der Waals surface area contributed by atoms with Crippen molar-refractivity contribution in [2.24, 2.45) is 0 Å². The first-order valence-electron chi connectivity index (χ1n) is 15.9. The van der Waals surface area contributed by atoms with Crippen molar-refractivity contribution in [1.82, 2.24) is 4.90 Å². The maximum atomic E-state index is 12.9. The van der Waals surface area contributed by atoms with Crippen molar-refractivity contribution in [3.05, 3.63) is 139 Å². The lowest BCUT2D eigenvalue weighted by Crippen LogP contribution is -2.42. The number of anilines is 3. The number of ether oxygens (including phenoxy) is 2. The van der Waals surface area contributed by atoms with Gasteiger partial charge in [-0.05, 0) is 97.3 Å². The average molecular weight is 627 g/mol.